The Kier molecular flexibility index (Phi) is 4.37. The van der Waals surface area contributed by atoms with Crippen molar-refractivity contribution in [1.82, 2.24) is 9.88 Å². The van der Waals surface area contributed by atoms with Crippen LogP contribution in [0, 0.1) is 5.92 Å². The van der Waals surface area contributed by atoms with Crippen LogP contribution >= 0.6 is 0 Å². The molecule has 1 aliphatic rings. The van der Waals surface area contributed by atoms with Gasteiger partial charge in [0.2, 0.25) is 0 Å². The van der Waals surface area contributed by atoms with Crippen molar-refractivity contribution in [2.75, 3.05) is 25.5 Å². The predicted molar refractivity (Wildman–Crippen MR) is 72.1 cm³/mol. The molecule has 0 radical (unpaired) electrons. The highest BCUT2D eigenvalue weighted by Gasteiger charge is 2.21. The molecule has 2 heterocycles. The van der Waals surface area contributed by atoms with E-state index in [9.17, 15) is 0 Å². The summed E-state index contributed by atoms with van der Waals surface area (Å²) in [5.41, 5.74) is 1.32. The summed E-state index contributed by atoms with van der Waals surface area (Å²) in [4.78, 5) is 6.91. The molecule has 1 aliphatic heterocycles. The number of nitrogens with one attached hydrogen (secondary N) is 1. The number of aromatic nitrogens is 1. The molecule has 17 heavy (non-hydrogen) atoms. The van der Waals surface area contributed by atoms with Crippen molar-refractivity contribution < 1.29 is 0 Å². The zero-order valence-corrected chi connectivity index (χ0v) is 10.9. The lowest BCUT2D eigenvalue weighted by Gasteiger charge is -2.15. The van der Waals surface area contributed by atoms with Gasteiger partial charge in [-0.15, -0.1) is 0 Å². The molecule has 3 nitrogen and oxygen atoms in total. The van der Waals surface area contributed by atoms with Crippen LogP contribution < -0.4 is 5.32 Å². The summed E-state index contributed by atoms with van der Waals surface area (Å²) in [5, 5.41) is 3.05. The first kappa shape index (κ1) is 12.4. The van der Waals surface area contributed by atoms with Gasteiger partial charge in [-0.25, -0.2) is 4.98 Å². The van der Waals surface area contributed by atoms with Crippen LogP contribution in [0.5, 0.6) is 0 Å². The third-order valence-corrected chi connectivity index (χ3v) is 3.55. The highest BCUT2D eigenvalue weighted by molar-refractivity contribution is 5.34. The molecule has 2 rings (SSSR count). The molecule has 0 saturated carbocycles. The van der Waals surface area contributed by atoms with Gasteiger partial charge >= 0.3 is 0 Å². The van der Waals surface area contributed by atoms with Crippen LogP contribution in [0.1, 0.15) is 31.7 Å². The van der Waals surface area contributed by atoms with Crippen LogP contribution in [-0.2, 0) is 6.54 Å². The fraction of sp³-hybridized carbons (Fsp3) is 0.643. The van der Waals surface area contributed by atoms with E-state index >= 15 is 0 Å². The summed E-state index contributed by atoms with van der Waals surface area (Å²) >= 11 is 0. The van der Waals surface area contributed by atoms with Gasteiger partial charge in [-0.2, -0.15) is 0 Å². The molecular formula is C14H23N3. The normalized spacial score (nSPS) is 20.7. The maximum absolute atomic E-state index is 4.36. The van der Waals surface area contributed by atoms with Crippen LogP contribution in [0.2, 0.25) is 0 Å². The topological polar surface area (TPSA) is 28.2 Å². The Morgan fingerprint density at radius 3 is 3.00 bits per heavy atom. The van der Waals surface area contributed by atoms with Gasteiger partial charge in [0.1, 0.15) is 5.82 Å². The molecule has 1 aromatic rings. The molecule has 1 atom stereocenters. The van der Waals surface area contributed by atoms with E-state index in [1.807, 2.05) is 13.2 Å². The molecule has 0 amide bonds. The van der Waals surface area contributed by atoms with Gasteiger partial charge in [-0.1, -0.05) is 19.4 Å². The van der Waals surface area contributed by atoms with E-state index in [0.717, 1.165) is 18.3 Å². The van der Waals surface area contributed by atoms with Crippen molar-refractivity contribution in [3.63, 3.8) is 0 Å². The van der Waals surface area contributed by atoms with Crippen LogP contribution in [0.25, 0.3) is 0 Å². The molecule has 0 aliphatic carbocycles. The van der Waals surface area contributed by atoms with Crippen molar-refractivity contribution in [2.24, 2.45) is 5.92 Å². The highest BCUT2D eigenvalue weighted by atomic mass is 15.1. The summed E-state index contributed by atoms with van der Waals surface area (Å²) in [6.45, 7) is 5.85. The Morgan fingerprint density at radius 2 is 2.35 bits per heavy atom. The summed E-state index contributed by atoms with van der Waals surface area (Å²) in [5.74, 6) is 1.86. The van der Waals surface area contributed by atoms with E-state index in [1.165, 1.54) is 37.9 Å². The average molecular weight is 233 g/mol. The fourth-order valence-electron chi connectivity index (χ4n) is 2.62. The van der Waals surface area contributed by atoms with Gasteiger partial charge in [0.25, 0.3) is 0 Å². The molecule has 0 aromatic carbocycles. The van der Waals surface area contributed by atoms with Crippen molar-refractivity contribution in [1.29, 1.82) is 0 Å². The fourth-order valence-corrected chi connectivity index (χ4v) is 2.62. The Hall–Kier alpha value is -1.09. The Morgan fingerprint density at radius 1 is 1.47 bits per heavy atom. The minimum absolute atomic E-state index is 0.921. The molecular weight excluding hydrogens is 210 g/mol. The first-order chi connectivity index (χ1) is 8.31. The minimum atomic E-state index is 0.921. The summed E-state index contributed by atoms with van der Waals surface area (Å²) in [7, 11) is 1.90. The lowest BCUT2D eigenvalue weighted by Crippen LogP contribution is -2.20. The zero-order valence-electron chi connectivity index (χ0n) is 10.9. The molecule has 0 spiro atoms. The van der Waals surface area contributed by atoms with Crippen molar-refractivity contribution in [3.8, 4) is 0 Å². The summed E-state index contributed by atoms with van der Waals surface area (Å²) in [6, 6.07) is 4.22. The zero-order chi connectivity index (χ0) is 12.1. The number of nitrogens with zero attached hydrogens (tertiary/aromatic N) is 2. The molecule has 94 valence electrons. The molecule has 1 fully saturated rings. The second kappa shape index (κ2) is 6.01. The lowest BCUT2D eigenvalue weighted by atomic mass is 10.0. The highest BCUT2D eigenvalue weighted by Crippen LogP contribution is 2.22. The van der Waals surface area contributed by atoms with Gasteiger partial charge in [-0.05, 0) is 36.9 Å². The first-order valence-corrected chi connectivity index (χ1v) is 6.67. The average Bonchev–Trinajstić information content (AvgIpc) is 2.78. The van der Waals surface area contributed by atoms with Gasteiger partial charge < -0.3 is 5.32 Å². The molecule has 1 N–H and O–H groups in total. The van der Waals surface area contributed by atoms with E-state index < -0.39 is 0 Å². The van der Waals surface area contributed by atoms with Crippen LogP contribution in [0.3, 0.4) is 0 Å². The maximum atomic E-state index is 4.36. The number of likely N-dealkylation sites (tertiary alicyclic amines) is 1. The van der Waals surface area contributed by atoms with E-state index in [4.69, 9.17) is 0 Å². The number of rotatable bonds is 5. The maximum Gasteiger partial charge on any atom is 0.125 e. The van der Waals surface area contributed by atoms with Gasteiger partial charge in [0, 0.05) is 26.3 Å². The Bertz CT molecular complexity index is 334. The van der Waals surface area contributed by atoms with Gasteiger partial charge in [0.05, 0.1) is 0 Å². The Balaban J connectivity index is 1.84. The SMILES string of the molecule is CCCC1CCN(Cc2ccc(NC)nc2)C1. The minimum Gasteiger partial charge on any atom is -0.373 e. The molecule has 3 heteroatoms. The van der Waals surface area contributed by atoms with Gasteiger partial charge in [-0.3, -0.25) is 4.90 Å². The number of pyridine rings is 1. The predicted octanol–water partition coefficient (Wildman–Crippen LogP) is 2.75. The monoisotopic (exact) mass is 233 g/mol. The summed E-state index contributed by atoms with van der Waals surface area (Å²) < 4.78 is 0. The van der Waals surface area contributed by atoms with Crippen LogP contribution in [0.15, 0.2) is 18.3 Å². The van der Waals surface area contributed by atoms with Crippen molar-refractivity contribution in [2.45, 2.75) is 32.7 Å². The smallest absolute Gasteiger partial charge is 0.125 e. The van der Waals surface area contributed by atoms with Crippen molar-refractivity contribution in [3.05, 3.63) is 23.9 Å². The number of hydrogen-bond donors (Lipinski definition) is 1. The van der Waals surface area contributed by atoms with E-state index in [0.29, 0.717) is 0 Å². The second-order valence-electron chi connectivity index (χ2n) is 4.98. The number of anilines is 1. The second-order valence-corrected chi connectivity index (χ2v) is 4.98. The Labute approximate surface area is 104 Å². The quantitative estimate of drug-likeness (QED) is 0.847. The van der Waals surface area contributed by atoms with Gasteiger partial charge in [0.15, 0.2) is 0 Å². The molecule has 1 unspecified atom stereocenters. The van der Waals surface area contributed by atoms with Crippen LogP contribution in [-0.4, -0.2) is 30.0 Å². The molecule has 0 bridgehead atoms. The van der Waals surface area contributed by atoms with Crippen LogP contribution in [0.4, 0.5) is 5.82 Å². The summed E-state index contributed by atoms with van der Waals surface area (Å²) in [6.07, 6.45) is 6.05. The van der Waals surface area contributed by atoms with E-state index in [-0.39, 0.29) is 0 Å². The van der Waals surface area contributed by atoms with E-state index in [2.05, 4.69) is 34.3 Å². The van der Waals surface area contributed by atoms with E-state index in [1.54, 1.807) is 0 Å². The third kappa shape index (κ3) is 3.43. The van der Waals surface area contributed by atoms with Crippen molar-refractivity contribution >= 4 is 5.82 Å². The first-order valence-electron chi connectivity index (χ1n) is 6.67. The largest absolute Gasteiger partial charge is 0.373 e. The lowest BCUT2D eigenvalue weighted by molar-refractivity contribution is 0.312. The standard InChI is InChI=1S/C14H23N3/c1-3-4-12-7-8-17(10-12)11-13-5-6-14(15-2)16-9-13/h5-6,9,12H,3-4,7-8,10-11H2,1-2H3,(H,15,16). The molecule has 1 saturated heterocycles. The number of hydrogen-bond acceptors (Lipinski definition) is 3. The third-order valence-electron chi connectivity index (χ3n) is 3.55. The molecule has 1 aromatic heterocycles.